The highest BCUT2D eigenvalue weighted by Gasteiger charge is 2.26. The first kappa shape index (κ1) is 9.71. The molecule has 0 saturated heterocycles. The van der Waals surface area contributed by atoms with Crippen LogP contribution in [0.1, 0.15) is 17.5 Å². The van der Waals surface area contributed by atoms with Crippen LogP contribution in [0.25, 0.3) is 0 Å². The Morgan fingerprint density at radius 1 is 1.69 bits per heavy atom. The summed E-state index contributed by atoms with van der Waals surface area (Å²) < 4.78 is 2.48. The zero-order chi connectivity index (χ0) is 9.59. The van der Waals surface area contributed by atoms with Crippen LogP contribution < -0.4 is 0 Å². The van der Waals surface area contributed by atoms with E-state index in [9.17, 15) is 5.11 Å². The van der Waals surface area contributed by atoms with Crippen molar-refractivity contribution in [3.8, 4) is 0 Å². The lowest BCUT2D eigenvalue weighted by Gasteiger charge is -2.24. The van der Waals surface area contributed by atoms with E-state index in [-0.39, 0.29) is 0 Å². The van der Waals surface area contributed by atoms with Crippen LogP contribution in [-0.4, -0.2) is 17.0 Å². The van der Waals surface area contributed by atoms with Gasteiger partial charge in [-0.15, -0.1) is 0 Å². The minimum Gasteiger partial charge on any atom is -0.368 e. The van der Waals surface area contributed by atoms with Crippen molar-refractivity contribution in [2.45, 2.75) is 13.2 Å². The highest BCUT2D eigenvalue weighted by atomic mass is 127. The van der Waals surface area contributed by atoms with Gasteiger partial charge in [0.05, 0.1) is 22.9 Å². The van der Waals surface area contributed by atoms with Gasteiger partial charge >= 0.3 is 0 Å². The Kier molecular flexibility index (Phi) is 2.53. The van der Waals surface area contributed by atoms with E-state index in [0.717, 1.165) is 20.9 Å². The van der Waals surface area contributed by atoms with Gasteiger partial charge in [-0.2, -0.15) is 0 Å². The van der Waals surface area contributed by atoms with Crippen LogP contribution in [0.3, 0.4) is 0 Å². The van der Waals surface area contributed by atoms with Crippen molar-refractivity contribution in [3.63, 3.8) is 0 Å². The first-order valence-corrected chi connectivity index (χ1v) is 5.70. The average molecular weight is 403 g/mol. The number of aliphatic imine (C=N–C) groups is 1. The second kappa shape index (κ2) is 3.39. The molecule has 0 saturated carbocycles. The predicted octanol–water partition coefficient (Wildman–Crippen LogP) is 2.40. The Labute approximate surface area is 103 Å². The fourth-order valence-electron chi connectivity index (χ4n) is 1.25. The van der Waals surface area contributed by atoms with E-state index in [2.05, 4.69) is 32.6 Å². The summed E-state index contributed by atoms with van der Waals surface area (Å²) in [5, 5.41) is 9.83. The summed E-state index contributed by atoms with van der Waals surface area (Å²) >= 11 is 4.14. The second-order valence-electron chi connectivity index (χ2n) is 2.82. The monoisotopic (exact) mass is 403 g/mol. The topological polar surface area (TPSA) is 51.6 Å². The maximum absolute atomic E-state index is 9.83. The lowest BCUT2D eigenvalue weighted by molar-refractivity contribution is 0.120. The number of aromatic nitrogens is 1. The smallest absolute Gasteiger partial charge is 0.180 e. The molecule has 70 valence electrons. The Morgan fingerprint density at radius 2 is 2.38 bits per heavy atom. The zero-order valence-corrected chi connectivity index (χ0v) is 11.1. The number of hydrogen-bond donors (Lipinski definition) is 2. The minimum absolute atomic E-state index is 0.593. The number of amidine groups is 1. The summed E-state index contributed by atoms with van der Waals surface area (Å²) in [4.78, 5) is 7.40. The Balaban J connectivity index is 2.55. The fourth-order valence-corrected chi connectivity index (χ4v) is 2.16. The lowest BCUT2D eigenvalue weighted by Crippen LogP contribution is -2.24. The molecule has 0 amide bonds. The third kappa shape index (κ3) is 1.59. The summed E-state index contributed by atoms with van der Waals surface area (Å²) in [7, 11) is 0. The molecule has 1 aliphatic rings. The third-order valence-corrected chi connectivity index (χ3v) is 4.50. The SMILES string of the molecule is Cc1cc2c([nH]1)N=C(I)N(I)C2O. The Bertz CT molecular complexity index is 374. The van der Waals surface area contributed by atoms with E-state index in [1.807, 2.05) is 35.9 Å². The highest BCUT2D eigenvalue weighted by Crippen LogP contribution is 2.36. The molecular formula is C7H7I2N3O. The van der Waals surface area contributed by atoms with Crippen molar-refractivity contribution in [2.75, 3.05) is 0 Å². The first-order valence-electron chi connectivity index (χ1n) is 3.66. The molecule has 0 radical (unpaired) electrons. The predicted molar refractivity (Wildman–Crippen MR) is 67.5 cm³/mol. The van der Waals surface area contributed by atoms with Gasteiger partial charge in [-0.1, -0.05) is 0 Å². The number of fused-ring (bicyclic) bond motifs is 1. The molecule has 4 nitrogen and oxygen atoms in total. The van der Waals surface area contributed by atoms with Gasteiger partial charge < -0.3 is 10.1 Å². The molecule has 1 atom stereocenters. The summed E-state index contributed by atoms with van der Waals surface area (Å²) in [6.45, 7) is 1.95. The average Bonchev–Trinajstić information content (AvgIpc) is 2.42. The van der Waals surface area contributed by atoms with E-state index in [1.165, 1.54) is 0 Å². The van der Waals surface area contributed by atoms with E-state index >= 15 is 0 Å². The van der Waals surface area contributed by atoms with Gasteiger partial charge in [-0.25, -0.2) is 4.99 Å². The number of H-pyrrole nitrogens is 1. The molecule has 13 heavy (non-hydrogen) atoms. The molecule has 0 spiro atoms. The van der Waals surface area contributed by atoms with Crippen LogP contribution in [0.5, 0.6) is 0 Å². The van der Waals surface area contributed by atoms with E-state index in [1.54, 1.807) is 3.11 Å². The van der Waals surface area contributed by atoms with Crippen molar-refractivity contribution >= 4 is 55.1 Å². The lowest BCUT2D eigenvalue weighted by atomic mass is 10.2. The number of hydrogen-bond acceptors (Lipinski definition) is 3. The summed E-state index contributed by atoms with van der Waals surface area (Å²) in [5.74, 6) is 0.766. The molecular weight excluding hydrogens is 396 g/mol. The van der Waals surface area contributed by atoms with E-state index in [0.29, 0.717) is 0 Å². The van der Waals surface area contributed by atoms with Crippen molar-refractivity contribution in [1.82, 2.24) is 8.10 Å². The van der Waals surface area contributed by atoms with Crippen molar-refractivity contribution in [3.05, 3.63) is 17.3 Å². The summed E-state index contributed by atoms with van der Waals surface area (Å²) in [5.41, 5.74) is 1.86. The quantitative estimate of drug-likeness (QED) is 0.398. The molecule has 0 fully saturated rings. The second-order valence-corrected chi connectivity index (χ2v) is 4.83. The molecule has 0 bridgehead atoms. The summed E-state index contributed by atoms with van der Waals surface area (Å²) in [6, 6.07) is 1.91. The number of aromatic amines is 1. The molecule has 6 heteroatoms. The molecule has 2 heterocycles. The number of nitrogens with one attached hydrogen (secondary N) is 1. The third-order valence-electron chi connectivity index (χ3n) is 1.83. The van der Waals surface area contributed by atoms with E-state index in [4.69, 9.17) is 0 Å². The zero-order valence-electron chi connectivity index (χ0n) is 6.75. The first-order chi connectivity index (χ1) is 6.09. The largest absolute Gasteiger partial charge is 0.368 e. The molecule has 0 aromatic carbocycles. The normalized spacial score (nSPS) is 21.4. The van der Waals surface area contributed by atoms with Crippen LogP contribution in [0.15, 0.2) is 11.1 Å². The van der Waals surface area contributed by atoms with Gasteiger partial charge in [0.15, 0.2) is 10.1 Å². The van der Waals surface area contributed by atoms with Crippen molar-refractivity contribution in [2.24, 2.45) is 4.99 Å². The van der Waals surface area contributed by atoms with Gasteiger partial charge in [-0.05, 0) is 13.0 Å². The van der Waals surface area contributed by atoms with Gasteiger partial charge in [-0.3, -0.25) is 3.11 Å². The van der Waals surface area contributed by atoms with Crippen molar-refractivity contribution in [1.29, 1.82) is 0 Å². The molecule has 0 aliphatic carbocycles. The number of aryl methyl sites for hydroxylation is 1. The number of aliphatic hydroxyl groups is 1. The summed E-state index contributed by atoms with van der Waals surface area (Å²) in [6.07, 6.45) is -0.593. The van der Waals surface area contributed by atoms with Crippen molar-refractivity contribution < 1.29 is 5.11 Å². The number of aliphatic hydroxyl groups excluding tert-OH is 1. The highest BCUT2D eigenvalue weighted by molar-refractivity contribution is 14.1. The van der Waals surface area contributed by atoms with Crippen LogP contribution in [0, 0.1) is 6.92 Å². The maximum atomic E-state index is 9.83. The maximum Gasteiger partial charge on any atom is 0.180 e. The number of rotatable bonds is 0. The molecule has 1 aromatic rings. The molecule has 2 N–H and O–H groups in total. The van der Waals surface area contributed by atoms with Crippen LogP contribution in [-0.2, 0) is 0 Å². The number of halogens is 2. The van der Waals surface area contributed by atoms with Gasteiger partial charge in [0, 0.05) is 33.8 Å². The minimum atomic E-state index is -0.593. The van der Waals surface area contributed by atoms with Gasteiger partial charge in [0.25, 0.3) is 0 Å². The molecule has 1 aliphatic heterocycles. The van der Waals surface area contributed by atoms with E-state index < -0.39 is 6.23 Å². The molecule has 1 unspecified atom stereocenters. The van der Waals surface area contributed by atoms with Gasteiger partial charge in [0.1, 0.15) is 5.82 Å². The van der Waals surface area contributed by atoms with Crippen LogP contribution in [0.4, 0.5) is 5.82 Å². The fraction of sp³-hybridized carbons (Fsp3) is 0.286. The van der Waals surface area contributed by atoms with Crippen LogP contribution >= 0.6 is 45.5 Å². The van der Waals surface area contributed by atoms with Crippen LogP contribution in [0.2, 0.25) is 0 Å². The van der Waals surface area contributed by atoms with Gasteiger partial charge in [0.2, 0.25) is 0 Å². The Hall–Kier alpha value is 0.170. The molecule has 1 aromatic heterocycles. The number of nitrogens with zero attached hydrogens (tertiary/aromatic N) is 2. The molecule has 2 rings (SSSR count). The Morgan fingerprint density at radius 3 is 3.08 bits per heavy atom. The standard InChI is InChI=1S/C7H7I2N3O/c1-3-2-4-5(10-3)11-7(8)12(9)6(4)13/h2,6,10,13H,1H3.